The molecule has 3 nitrogen and oxygen atoms in total. The first-order valence-corrected chi connectivity index (χ1v) is 10.5. The van der Waals surface area contributed by atoms with Gasteiger partial charge in [0.2, 0.25) is 0 Å². The molecule has 33 heavy (non-hydrogen) atoms. The molecular weight excluding hydrogens is 421 g/mol. The van der Waals surface area contributed by atoms with E-state index in [-0.39, 0.29) is 30.3 Å². The summed E-state index contributed by atoms with van der Waals surface area (Å²) in [5, 5.41) is 10.8. The lowest BCUT2D eigenvalue weighted by Gasteiger charge is -2.08. The Kier molecular flexibility index (Phi) is 8.33. The maximum absolute atomic E-state index is 12.7. The minimum Gasteiger partial charge on any atom is -0.537 e. The second-order valence-electron chi connectivity index (χ2n) is 7.86. The third kappa shape index (κ3) is 7.26. The highest BCUT2D eigenvalue weighted by molar-refractivity contribution is 6.18. The molecule has 0 saturated carbocycles. The first-order valence-electron chi connectivity index (χ1n) is 10.5. The van der Waals surface area contributed by atoms with Gasteiger partial charge in [0.05, 0.1) is 0 Å². The molecular formula is C27H24BF2O3. The van der Waals surface area contributed by atoms with Crippen molar-refractivity contribution in [2.45, 2.75) is 26.7 Å². The average molecular weight is 445 g/mol. The van der Waals surface area contributed by atoms with Gasteiger partial charge < -0.3 is 9.68 Å². The maximum Gasteiger partial charge on any atom is 0.569 e. The summed E-state index contributed by atoms with van der Waals surface area (Å²) >= 11 is 0. The normalized spacial score (nSPS) is 10.3. The molecule has 0 aliphatic heterocycles. The quantitative estimate of drug-likeness (QED) is 0.389. The van der Waals surface area contributed by atoms with E-state index >= 15 is 0 Å². The lowest BCUT2D eigenvalue weighted by atomic mass is 10.0. The standard InChI is InChI=1S/C15H12F2O.C12H12BO2/c16-13-5-1-11(2-6-13)9-15(18)10-12-3-7-14(17)8-4-12;1-8-3-4-11-10(5-8)6-9(2)7-12(11)15-13-14/h1-8H,9-10H2;3-7,14H,1-2H3. The second kappa shape index (κ2) is 11.4. The van der Waals surface area contributed by atoms with Gasteiger partial charge in [-0.1, -0.05) is 54.1 Å². The van der Waals surface area contributed by atoms with E-state index in [1.807, 2.05) is 25.1 Å². The van der Waals surface area contributed by atoms with Crippen molar-refractivity contribution in [1.29, 1.82) is 0 Å². The molecule has 0 saturated heterocycles. The van der Waals surface area contributed by atoms with Crippen LogP contribution >= 0.6 is 0 Å². The van der Waals surface area contributed by atoms with E-state index < -0.39 is 0 Å². The maximum atomic E-state index is 12.7. The molecule has 0 aromatic heterocycles. The lowest BCUT2D eigenvalue weighted by Crippen LogP contribution is -2.06. The van der Waals surface area contributed by atoms with Gasteiger partial charge in [0.1, 0.15) is 23.2 Å². The van der Waals surface area contributed by atoms with E-state index in [2.05, 4.69) is 19.1 Å². The van der Waals surface area contributed by atoms with Crippen molar-refractivity contribution in [3.05, 3.63) is 113 Å². The highest BCUT2D eigenvalue weighted by atomic mass is 19.1. The molecule has 0 atom stereocenters. The Bertz CT molecular complexity index is 1170. The summed E-state index contributed by atoms with van der Waals surface area (Å²) < 4.78 is 30.4. The summed E-state index contributed by atoms with van der Waals surface area (Å²) in [6.07, 6.45) is 0.523. The van der Waals surface area contributed by atoms with Crippen LogP contribution in [0.3, 0.4) is 0 Å². The summed E-state index contributed by atoms with van der Waals surface area (Å²) in [5.74, 6) is 0.0789. The van der Waals surface area contributed by atoms with Crippen molar-refractivity contribution in [3.63, 3.8) is 0 Å². The van der Waals surface area contributed by atoms with E-state index in [4.69, 9.17) is 9.68 Å². The zero-order chi connectivity index (χ0) is 23.8. The van der Waals surface area contributed by atoms with Gasteiger partial charge in [-0.2, -0.15) is 0 Å². The molecule has 167 valence electrons. The molecule has 0 bridgehead atoms. The van der Waals surface area contributed by atoms with Gasteiger partial charge in [0.15, 0.2) is 0 Å². The number of fused-ring (bicyclic) bond motifs is 1. The number of hydrogen-bond donors (Lipinski definition) is 1. The van der Waals surface area contributed by atoms with Gasteiger partial charge in [-0.25, -0.2) is 8.78 Å². The van der Waals surface area contributed by atoms with Gasteiger partial charge in [0.25, 0.3) is 0 Å². The first kappa shape index (κ1) is 24.1. The number of carbonyl (C=O) groups is 1. The molecule has 4 aromatic carbocycles. The van der Waals surface area contributed by atoms with E-state index in [1.54, 1.807) is 24.3 Å². The third-order valence-electron chi connectivity index (χ3n) is 5.02. The Morgan fingerprint density at radius 3 is 1.82 bits per heavy atom. The van der Waals surface area contributed by atoms with Gasteiger partial charge >= 0.3 is 7.69 Å². The number of Topliss-reactive ketones (excluding diaryl/α,β-unsaturated/α-hetero) is 1. The largest absolute Gasteiger partial charge is 0.569 e. The SMILES string of the molecule is Cc1ccc2c(O[B]O)cc(C)cc2c1.O=C(Cc1ccc(F)cc1)Cc1ccc(F)cc1. The summed E-state index contributed by atoms with van der Waals surface area (Å²) in [4.78, 5) is 11.8. The van der Waals surface area contributed by atoms with Crippen molar-refractivity contribution in [3.8, 4) is 5.75 Å². The van der Waals surface area contributed by atoms with Crippen LogP contribution in [0.5, 0.6) is 5.75 Å². The Balaban J connectivity index is 0.000000189. The molecule has 0 aliphatic carbocycles. The van der Waals surface area contributed by atoms with Crippen molar-refractivity contribution < 1.29 is 23.3 Å². The predicted octanol–water partition coefficient (Wildman–Crippen LogP) is 5.68. The number of aryl methyl sites for hydroxylation is 2. The topological polar surface area (TPSA) is 46.5 Å². The average Bonchev–Trinajstić information content (AvgIpc) is 2.77. The second-order valence-corrected chi connectivity index (χ2v) is 7.86. The molecule has 1 N–H and O–H groups in total. The van der Waals surface area contributed by atoms with Crippen molar-refractivity contribution in [2.75, 3.05) is 0 Å². The van der Waals surface area contributed by atoms with Gasteiger partial charge in [0, 0.05) is 18.2 Å². The van der Waals surface area contributed by atoms with Crippen LogP contribution in [-0.4, -0.2) is 18.5 Å². The minimum absolute atomic E-state index is 0.0215. The lowest BCUT2D eigenvalue weighted by molar-refractivity contribution is -0.117. The Morgan fingerprint density at radius 2 is 1.30 bits per heavy atom. The highest BCUT2D eigenvalue weighted by Gasteiger charge is 2.06. The summed E-state index contributed by atoms with van der Waals surface area (Å²) in [6.45, 7) is 4.06. The third-order valence-corrected chi connectivity index (χ3v) is 5.02. The Labute approximate surface area is 193 Å². The van der Waals surface area contributed by atoms with E-state index in [0.29, 0.717) is 13.4 Å². The smallest absolute Gasteiger partial charge is 0.537 e. The van der Waals surface area contributed by atoms with Crippen LogP contribution in [0.25, 0.3) is 10.8 Å². The van der Waals surface area contributed by atoms with Crippen LogP contribution in [0.1, 0.15) is 22.3 Å². The van der Waals surface area contributed by atoms with E-state index in [9.17, 15) is 13.6 Å². The first-order chi connectivity index (χ1) is 15.8. The van der Waals surface area contributed by atoms with Crippen LogP contribution in [0, 0.1) is 25.5 Å². The molecule has 4 aromatic rings. The summed E-state index contributed by atoms with van der Waals surface area (Å²) in [7, 11) is 0.716. The molecule has 0 unspecified atom stereocenters. The summed E-state index contributed by atoms with van der Waals surface area (Å²) in [5.41, 5.74) is 3.89. The highest BCUT2D eigenvalue weighted by Crippen LogP contribution is 2.28. The van der Waals surface area contributed by atoms with E-state index in [1.165, 1.54) is 29.8 Å². The molecule has 0 fully saturated rings. The zero-order valence-corrected chi connectivity index (χ0v) is 18.5. The van der Waals surface area contributed by atoms with Crippen LogP contribution in [-0.2, 0) is 17.6 Å². The van der Waals surface area contributed by atoms with Crippen molar-refractivity contribution in [2.24, 2.45) is 0 Å². The fourth-order valence-electron chi connectivity index (χ4n) is 3.47. The summed E-state index contributed by atoms with van der Waals surface area (Å²) in [6, 6.07) is 21.9. The Morgan fingerprint density at radius 1 is 0.788 bits per heavy atom. The zero-order valence-electron chi connectivity index (χ0n) is 18.5. The minimum atomic E-state index is -0.315. The van der Waals surface area contributed by atoms with E-state index in [0.717, 1.165) is 27.5 Å². The molecule has 0 aliphatic rings. The fourth-order valence-corrected chi connectivity index (χ4v) is 3.47. The van der Waals surface area contributed by atoms with Crippen LogP contribution in [0.15, 0.2) is 78.9 Å². The van der Waals surface area contributed by atoms with Gasteiger partial charge in [-0.15, -0.1) is 0 Å². The molecule has 1 radical (unpaired) electrons. The predicted molar refractivity (Wildman–Crippen MR) is 127 cm³/mol. The number of hydrogen-bond acceptors (Lipinski definition) is 3. The molecule has 0 amide bonds. The number of benzene rings is 4. The number of ketones is 1. The number of carbonyl (C=O) groups excluding carboxylic acids is 1. The monoisotopic (exact) mass is 445 g/mol. The fraction of sp³-hybridized carbons (Fsp3) is 0.148. The number of halogens is 2. The van der Waals surface area contributed by atoms with Crippen LogP contribution in [0.4, 0.5) is 8.78 Å². The molecule has 0 spiro atoms. The Hall–Kier alpha value is -3.51. The van der Waals surface area contributed by atoms with Crippen LogP contribution < -0.4 is 4.65 Å². The number of rotatable bonds is 6. The molecule has 4 rings (SSSR count). The van der Waals surface area contributed by atoms with Crippen molar-refractivity contribution >= 4 is 24.2 Å². The molecule has 0 heterocycles. The molecule has 6 heteroatoms. The van der Waals surface area contributed by atoms with Gasteiger partial charge in [-0.3, -0.25) is 4.79 Å². The van der Waals surface area contributed by atoms with Crippen LogP contribution in [0.2, 0.25) is 0 Å². The van der Waals surface area contributed by atoms with Gasteiger partial charge in [-0.05, 0) is 66.3 Å². The van der Waals surface area contributed by atoms with Crippen molar-refractivity contribution in [1.82, 2.24) is 0 Å².